The second kappa shape index (κ2) is 6.05. The lowest BCUT2D eigenvalue weighted by atomic mass is 9.91. The predicted octanol–water partition coefficient (Wildman–Crippen LogP) is 2.74. The van der Waals surface area contributed by atoms with Crippen molar-refractivity contribution in [2.24, 2.45) is 11.7 Å². The third-order valence-electron chi connectivity index (χ3n) is 4.59. The van der Waals surface area contributed by atoms with Gasteiger partial charge < -0.3 is 10.6 Å². The van der Waals surface area contributed by atoms with Crippen molar-refractivity contribution in [1.82, 2.24) is 9.88 Å². The molecule has 22 heavy (non-hydrogen) atoms. The second-order valence-electron chi connectivity index (χ2n) is 6.35. The van der Waals surface area contributed by atoms with Gasteiger partial charge >= 0.3 is 0 Å². The Kier molecular flexibility index (Phi) is 4.12. The zero-order chi connectivity index (χ0) is 15.7. The van der Waals surface area contributed by atoms with Gasteiger partial charge in [0.15, 0.2) is 0 Å². The molecular formula is C18H23N3O. The number of rotatable bonds is 2. The molecule has 0 radical (unpaired) electrons. The molecule has 2 aromatic rings. The number of hydrogen-bond acceptors (Lipinski definition) is 3. The Bertz CT molecular complexity index is 698. The Labute approximate surface area is 131 Å². The highest BCUT2D eigenvalue weighted by Gasteiger charge is 2.30. The monoisotopic (exact) mass is 297 g/mol. The van der Waals surface area contributed by atoms with Crippen LogP contribution in [0.2, 0.25) is 0 Å². The molecule has 1 aromatic heterocycles. The first-order valence-corrected chi connectivity index (χ1v) is 7.97. The van der Waals surface area contributed by atoms with Crippen LogP contribution in [0, 0.1) is 12.8 Å². The Morgan fingerprint density at radius 2 is 2.18 bits per heavy atom. The molecule has 0 aliphatic carbocycles. The van der Waals surface area contributed by atoms with Crippen LogP contribution < -0.4 is 5.73 Å². The van der Waals surface area contributed by atoms with Crippen molar-refractivity contribution in [3.8, 4) is 0 Å². The molecule has 4 heteroatoms. The van der Waals surface area contributed by atoms with Crippen LogP contribution in [0.3, 0.4) is 0 Å². The molecule has 1 fully saturated rings. The fourth-order valence-electron chi connectivity index (χ4n) is 3.38. The van der Waals surface area contributed by atoms with Crippen molar-refractivity contribution in [3.63, 3.8) is 0 Å². The highest BCUT2D eigenvalue weighted by molar-refractivity contribution is 6.06. The van der Waals surface area contributed by atoms with Gasteiger partial charge in [-0.3, -0.25) is 9.78 Å². The highest BCUT2D eigenvalue weighted by atomic mass is 16.2. The van der Waals surface area contributed by atoms with Gasteiger partial charge in [-0.25, -0.2) is 0 Å². The van der Waals surface area contributed by atoms with E-state index in [1.165, 1.54) is 0 Å². The summed E-state index contributed by atoms with van der Waals surface area (Å²) >= 11 is 0. The Hall–Kier alpha value is -1.94. The summed E-state index contributed by atoms with van der Waals surface area (Å²) in [4.78, 5) is 19.6. The number of likely N-dealkylation sites (tertiary alicyclic amines) is 1. The number of carbonyl (C=O) groups is 1. The van der Waals surface area contributed by atoms with Crippen LogP contribution >= 0.6 is 0 Å². The number of fused-ring (bicyclic) bond motifs is 1. The number of benzene rings is 1. The lowest BCUT2D eigenvalue weighted by Crippen LogP contribution is -2.49. The molecule has 2 atom stereocenters. The molecule has 0 bridgehead atoms. The smallest absolute Gasteiger partial charge is 0.254 e. The van der Waals surface area contributed by atoms with Gasteiger partial charge in [0.25, 0.3) is 5.91 Å². The van der Waals surface area contributed by atoms with Gasteiger partial charge in [-0.05, 0) is 37.8 Å². The van der Waals surface area contributed by atoms with Crippen LogP contribution in [0.25, 0.3) is 10.9 Å². The van der Waals surface area contributed by atoms with E-state index in [0.29, 0.717) is 12.5 Å². The Morgan fingerprint density at radius 3 is 2.95 bits per heavy atom. The largest absolute Gasteiger partial charge is 0.334 e. The van der Waals surface area contributed by atoms with E-state index in [4.69, 9.17) is 5.73 Å². The summed E-state index contributed by atoms with van der Waals surface area (Å²) in [5.74, 6) is 0.720. The molecule has 0 saturated carbocycles. The lowest BCUT2D eigenvalue weighted by molar-refractivity contribution is 0.0575. The van der Waals surface area contributed by atoms with E-state index in [9.17, 15) is 4.79 Å². The number of nitrogens with two attached hydrogens (primary N) is 1. The topological polar surface area (TPSA) is 59.2 Å². The Morgan fingerprint density at radius 1 is 1.41 bits per heavy atom. The fraction of sp³-hybridized carbons (Fsp3) is 0.444. The fourth-order valence-corrected chi connectivity index (χ4v) is 3.38. The second-order valence-corrected chi connectivity index (χ2v) is 6.35. The zero-order valence-corrected chi connectivity index (χ0v) is 13.2. The van der Waals surface area contributed by atoms with Gasteiger partial charge in [-0.15, -0.1) is 0 Å². The van der Waals surface area contributed by atoms with E-state index in [2.05, 4.69) is 11.9 Å². The summed E-state index contributed by atoms with van der Waals surface area (Å²) in [6.07, 6.45) is 2.04. The van der Waals surface area contributed by atoms with Gasteiger partial charge in [0.2, 0.25) is 0 Å². The summed E-state index contributed by atoms with van der Waals surface area (Å²) in [5, 5.41) is 0.924. The molecule has 116 valence electrons. The van der Waals surface area contributed by atoms with Crippen molar-refractivity contribution in [1.29, 1.82) is 0 Å². The number of amides is 1. The van der Waals surface area contributed by atoms with E-state index in [1.807, 2.05) is 42.2 Å². The van der Waals surface area contributed by atoms with Gasteiger partial charge in [-0.1, -0.05) is 25.1 Å². The third kappa shape index (κ3) is 2.71. The first kappa shape index (κ1) is 15.0. The molecular weight excluding hydrogens is 274 g/mol. The van der Waals surface area contributed by atoms with E-state index in [-0.39, 0.29) is 11.9 Å². The standard InChI is InChI=1S/C18H23N3O/c1-12-7-8-21(14(9-12)11-19)18(22)16-10-13(2)20-17-6-4-3-5-15(16)17/h3-6,10,12,14H,7-9,11,19H2,1-2H3. The summed E-state index contributed by atoms with van der Waals surface area (Å²) in [6, 6.07) is 9.87. The van der Waals surface area contributed by atoms with Crippen LogP contribution in [-0.2, 0) is 0 Å². The van der Waals surface area contributed by atoms with Crippen LogP contribution in [0.5, 0.6) is 0 Å². The zero-order valence-electron chi connectivity index (χ0n) is 13.2. The Balaban J connectivity index is 2.01. The molecule has 3 rings (SSSR count). The summed E-state index contributed by atoms with van der Waals surface area (Å²) in [5.41, 5.74) is 8.40. The van der Waals surface area contributed by atoms with Gasteiger partial charge in [0.05, 0.1) is 11.1 Å². The maximum absolute atomic E-state index is 13.1. The van der Waals surface area contributed by atoms with Crippen molar-refractivity contribution in [2.75, 3.05) is 13.1 Å². The minimum Gasteiger partial charge on any atom is -0.334 e. The van der Waals surface area contributed by atoms with Crippen molar-refractivity contribution >= 4 is 16.8 Å². The first-order chi connectivity index (χ1) is 10.6. The molecule has 1 aliphatic rings. The first-order valence-electron chi connectivity index (χ1n) is 7.97. The van der Waals surface area contributed by atoms with Crippen molar-refractivity contribution in [3.05, 3.63) is 41.6 Å². The normalized spacial score (nSPS) is 22.0. The maximum Gasteiger partial charge on any atom is 0.254 e. The average molecular weight is 297 g/mol. The number of pyridine rings is 1. The number of hydrogen-bond donors (Lipinski definition) is 1. The third-order valence-corrected chi connectivity index (χ3v) is 4.59. The minimum atomic E-state index is 0.0871. The number of nitrogens with zero attached hydrogens (tertiary/aromatic N) is 2. The number of para-hydroxylation sites is 1. The highest BCUT2D eigenvalue weighted by Crippen LogP contribution is 2.26. The molecule has 4 nitrogen and oxygen atoms in total. The number of aryl methyl sites for hydroxylation is 1. The van der Waals surface area contributed by atoms with E-state index in [0.717, 1.165) is 41.5 Å². The number of piperidine rings is 1. The lowest BCUT2D eigenvalue weighted by Gasteiger charge is -2.38. The summed E-state index contributed by atoms with van der Waals surface area (Å²) in [6.45, 7) is 5.48. The van der Waals surface area contributed by atoms with E-state index < -0.39 is 0 Å². The van der Waals surface area contributed by atoms with Crippen LogP contribution in [-0.4, -0.2) is 34.9 Å². The van der Waals surface area contributed by atoms with E-state index >= 15 is 0 Å². The minimum absolute atomic E-state index is 0.0871. The van der Waals surface area contributed by atoms with Crippen molar-refractivity contribution in [2.45, 2.75) is 32.7 Å². The molecule has 2 unspecified atom stereocenters. The van der Waals surface area contributed by atoms with Gasteiger partial charge in [-0.2, -0.15) is 0 Å². The van der Waals surface area contributed by atoms with Gasteiger partial charge in [0, 0.05) is 30.2 Å². The molecule has 0 spiro atoms. The van der Waals surface area contributed by atoms with Gasteiger partial charge in [0.1, 0.15) is 0 Å². The predicted molar refractivity (Wildman–Crippen MR) is 88.8 cm³/mol. The summed E-state index contributed by atoms with van der Waals surface area (Å²) < 4.78 is 0. The molecule has 1 amide bonds. The van der Waals surface area contributed by atoms with Crippen LogP contribution in [0.4, 0.5) is 0 Å². The summed E-state index contributed by atoms with van der Waals surface area (Å²) in [7, 11) is 0. The quantitative estimate of drug-likeness (QED) is 0.927. The SMILES string of the molecule is Cc1cc(C(=O)N2CCC(C)CC2CN)c2ccccc2n1. The number of aromatic nitrogens is 1. The molecule has 2 heterocycles. The molecule has 1 aromatic carbocycles. The molecule has 1 aliphatic heterocycles. The molecule has 1 saturated heterocycles. The average Bonchev–Trinajstić information content (AvgIpc) is 2.53. The van der Waals surface area contributed by atoms with Crippen LogP contribution in [0.15, 0.2) is 30.3 Å². The molecule has 2 N–H and O–H groups in total. The van der Waals surface area contributed by atoms with Crippen LogP contribution in [0.1, 0.15) is 35.8 Å². The van der Waals surface area contributed by atoms with E-state index in [1.54, 1.807) is 0 Å². The number of carbonyl (C=O) groups excluding carboxylic acids is 1. The maximum atomic E-state index is 13.1. The van der Waals surface area contributed by atoms with Crippen molar-refractivity contribution < 1.29 is 4.79 Å².